The Hall–Kier alpha value is -1.13. The standard InChI is InChI=1S/C9H11ClN4/c10-8-5-7(9(11)14-13-8)6-1-3-12-4-2-6/h1,5,12H,2-4H2,(H2,11,14). The number of nitrogens with zero attached hydrogens (tertiary/aromatic N) is 2. The van der Waals surface area contributed by atoms with Gasteiger partial charge in [0.05, 0.1) is 0 Å². The fraction of sp³-hybridized carbons (Fsp3) is 0.333. The zero-order chi connectivity index (χ0) is 9.97. The second-order valence-corrected chi connectivity index (χ2v) is 3.54. The van der Waals surface area contributed by atoms with E-state index in [1.54, 1.807) is 6.07 Å². The number of nitrogens with two attached hydrogens (primary N) is 1. The summed E-state index contributed by atoms with van der Waals surface area (Å²) in [5, 5.41) is 11.1. The Morgan fingerprint density at radius 1 is 1.43 bits per heavy atom. The van der Waals surface area contributed by atoms with E-state index in [1.165, 1.54) is 5.57 Å². The third-order valence-corrected chi connectivity index (χ3v) is 2.39. The summed E-state index contributed by atoms with van der Waals surface area (Å²) in [6, 6.07) is 1.76. The maximum Gasteiger partial charge on any atom is 0.153 e. The van der Waals surface area contributed by atoms with E-state index in [9.17, 15) is 0 Å². The highest BCUT2D eigenvalue weighted by molar-refractivity contribution is 6.29. The number of anilines is 1. The van der Waals surface area contributed by atoms with E-state index in [0.717, 1.165) is 25.1 Å². The highest BCUT2D eigenvalue weighted by Crippen LogP contribution is 2.24. The van der Waals surface area contributed by atoms with E-state index < -0.39 is 0 Å². The van der Waals surface area contributed by atoms with Crippen LogP contribution in [0.2, 0.25) is 5.15 Å². The first-order valence-electron chi connectivity index (χ1n) is 4.46. The maximum atomic E-state index is 5.76. The molecule has 0 aromatic carbocycles. The van der Waals surface area contributed by atoms with Crippen LogP contribution in [0.4, 0.5) is 5.82 Å². The molecule has 0 saturated carbocycles. The quantitative estimate of drug-likeness (QED) is 0.729. The molecule has 14 heavy (non-hydrogen) atoms. The Kier molecular flexibility index (Phi) is 2.65. The van der Waals surface area contributed by atoms with Crippen LogP contribution >= 0.6 is 11.6 Å². The van der Waals surface area contributed by atoms with Crippen molar-refractivity contribution >= 4 is 23.0 Å². The summed E-state index contributed by atoms with van der Waals surface area (Å²) in [6.07, 6.45) is 3.05. The molecule has 1 aromatic rings. The van der Waals surface area contributed by atoms with Crippen LogP contribution in [0, 0.1) is 0 Å². The van der Waals surface area contributed by atoms with Crippen LogP contribution in [0.5, 0.6) is 0 Å². The van der Waals surface area contributed by atoms with Crippen LogP contribution in [0.3, 0.4) is 0 Å². The van der Waals surface area contributed by atoms with Crippen molar-refractivity contribution < 1.29 is 0 Å². The van der Waals surface area contributed by atoms with E-state index in [2.05, 4.69) is 21.6 Å². The average molecular weight is 211 g/mol. The van der Waals surface area contributed by atoms with E-state index in [4.69, 9.17) is 17.3 Å². The maximum absolute atomic E-state index is 5.76. The van der Waals surface area contributed by atoms with Crippen molar-refractivity contribution in [3.8, 4) is 0 Å². The Labute approximate surface area is 87.2 Å². The van der Waals surface area contributed by atoms with Crippen molar-refractivity contribution in [1.82, 2.24) is 15.5 Å². The minimum atomic E-state index is 0.383. The molecule has 3 N–H and O–H groups in total. The fourth-order valence-corrected chi connectivity index (χ4v) is 1.65. The third kappa shape index (κ3) is 1.86. The second-order valence-electron chi connectivity index (χ2n) is 3.15. The van der Waals surface area contributed by atoms with Crippen LogP contribution in [-0.2, 0) is 0 Å². The molecule has 0 atom stereocenters. The van der Waals surface area contributed by atoms with Crippen LogP contribution in [0.25, 0.3) is 5.57 Å². The molecule has 5 heteroatoms. The Morgan fingerprint density at radius 3 is 3.00 bits per heavy atom. The Bertz CT molecular complexity index is 375. The molecular weight excluding hydrogens is 200 g/mol. The molecule has 0 fully saturated rings. The molecule has 2 heterocycles. The topological polar surface area (TPSA) is 63.8 Å². The summed E-state index contributed by atoms with van der Waals surface area (Å²) in [4.78, 5) is 0. The van der Waals surface area contributed by atoms with Crippen LogP contribution in [0.15, 0.2) is 12.1 Å². The van der Waals surface area contributed by atoms with E-state index in [1.807, 2.05) is 0 Å². The number of rotatable bonds is 1. The molecule has 0 bridgehead atoms. The number of nitrogens with one attached hydrogen (secondary N) is 1. The van der Waals surface area contributed by atoms with Gasteiger partial charge in [-0.15, -0.1) is 10.2 Å². The molecule has 0 saturated heterocycles. The molecule has 0 aliphatic carbocycles. The van der Waals surface area contributed by atoms with Gasteiger partial charge in [0.1, 0.15) is 0 Å². The van der Waals surface area contributed by atoms with E-state index in [-0.39, 0.29) is 0 Å². The summed E-state index contributed by atoms with van der Waals surface area (Å²) >= 11 is 5.76. The predicted molar refractivity (Wildman–Crippen MR) is 56.9 cm³/mol. The number of hydrogen-bond acceptors (Lipinski definition) is 4. The van der Waals surface area contributed by atoms with Gasteiger partial charge in [-0.25, -0.2) is 0 Å². The third-order valence-electron chi connectivity index (χ3n) is 2.20. The van der Waals surface area contributed by atoms with Gasteiger partial charge in [-0.3, -0.25) is 0 Å². The summed E-state index contributed by atoms with van der Waals surface area (Å²) in [6.45, 7) is 1.83. The highest BCUT2D eigenvalue weighted by Gasteiger charge is 2.10. The van der Waals surface area contributed by atoms with Gasteiger partial charge in [-0.1, -0.05) is 17.7 Å². The molecule has 0 radical (unpaired) electrons. The number of halogens is 1. The molecular formula is C9H11ClN4. The molecule has 4 nitrogen and oxygen atoms in total. The Balaban J connectivity index is 2.39. The number of nitrogen functional groups attached to an aromatic ring is 1. The minimum Gasteiger partial charge on any atom is -0.382 e. The molecule has 2 rings (SSSR count). The first kappa shape index (κ1) is 9.43. The van der Waals surface area contributed by atoms with Gasteiger partial charge in [0.15, 0.2) is 11.0 Å². The molecule has 1 aliphatic heterocycles. The molecule has 0 unspecified atom stereocenters. The zero-order valence-electron chi connectivity index (χ0n) is 7.63. The monoisotopic (exact) mass is 210 g/mol. The van der Waals surface area contributed by atoms with Gasteiger partial charge in [0.25, 0.3) is 0 Å². The lowest BCUT2D eigenvalue weighted by Crippen LogP contribution is -2.20. The highest BCUT2D eigenvalue weighted by atomic mass is 35.5. The number of aromatic nitrogens is 2. The van der Waals surface area contributed by atoms with Crippen molar-refractivity contribution in [2.75, 3.05) is 18.8 Å². The first-order chi connectivity index (χ1) is 6.77. The normalized spacial score (nSPS) is 16.5. The van der Waals surface area contributed by atoms with Gasteiger partial charge in [-0.05, 0) is 24.6 Å². The second kappa shape index (κ2) is 3.94. The lowest BCUT2D eigenvalue weighted by atomic mass is 10.0. The van der Waals surface area contributed by atoms with Gasteiger partial charge in [-0.2, -0.15) is 0 Å². The lowest BCUT2D eigenvalue weighted by Gasteiger charge is -2.14. The molecule has 0 spiro atoms. The summed E-state index contributed by atoms with van der Waals surface area (Å²) in [5.41, 5.74) is 7.83. The van der Waals surface area contributed by atoms with Crippen molar-refractivity contribution in [2.24, 2.45) is 0 Å². The largest absolute Gasteiger partial charge is 0.382 e. The summed E-state index contributed by atoms with van der Waals surface area (Å²) in [7, 11) is 0. The van der Waals surface area contributed by atoms with Gasteiger partial charge in [0.2, 0.25) is 0 Å². The fourth-order valence-electron chi connectivity index (χ4n) is 1.50. The SMILES string of the molecule is Nc1nnc(Cl)cc1C1=CCNCC1. The average Bonchev–Trinajstić information content (AvgIpc) is 2.23. The summed E-state index contributed by atoms with van der Waals surface area (Å²) < 4.78 is 0. The van der Waals surface area contributed by atoms with Gasteiger partial charge in [0, 0.05) is 12.1 Å². The zero-order valence-corrected chi connectivity index (χ0v) is 8.38. The van der Waals surface area contributed by atoms with Crippen LogP contribution < -0.4 is 11.1 Å². The predicted octanol–water partition coefficient (Wildman–Crippen LogP) is 1.09. The summed E-state index contributed by atoms with van der Waals surface area (Å²) in [5.74, 6) is 0.447. The lowest BCUT2D eigenvalue weighted by molar-refractivity contribution is 0.738. The van der Waals surface area contributed by atoms with Crippen molar-refractivity contribution in [1.29, 1.82) is 0 Å². The molecule has 0 amide bonds. The van der Waals surface area contributed by atoms with Crippen molar-refractivity contribution in [3.63, 3.8) is 0 Å². The van der Waals surface area contributed by atoms with E-state index >= 15 is 0 Å². The van der Waals surface area contributed by atoms with Crippen LogP contribution in [0.1, 0.15) is 12.0 Å². The first-order valence-corrected chi connectivity index (χ1v) is 4.84. The van der Waals surface area contributed by atoms with E-state index in [0.29, 0.717) is 11.0 Å². The molecule has 1 aliphatic rings. The van der Waals surface area contributed by atoms with Gasteiger partial charge < -0.3 is 11.1 Å². The number of hydrogen-bond donors (Lipinski definition) is 2. The van der Waals surface area contributed by atoms with Gasteiger partial charge >= 0.3 is 0 Å². The Morgan fingerprint density at radius 2 is 2.29 bits per heavy atom. The molecule has 1 aromatic heterocycles. The van der Waals surface area contributed by atoms with Crippen LogP contribution in [-0.4, -0.2) is 23.3 Å². The van der Waals surface area contributed by atoms with Crippen molar-refractivity contribution in [3.05, 3.63) is 22.9 Å². The smallest absolute Gasteiger partial charge is 0.153 e. The molecule has 74 valence electrons. The minimum absolute atomic E-state index is 0.383. The van der Waals surface area contributed by atoms with Crippen molar-refractivity contribution in [2.45, 2.75) is 6.42 Å².